The summed E-state index contributed by atoms with van der Waals surface area (Å²) in [4.78, 5) is 36.6. The van der Waals surface area contributed by atoms with Crippen LogP contribution in [0.1, 0.15) is 18.2 Å². The average molecular weight is 371 g/mol. The van der Waals surface area contributed by atoms with Crippen LogP contribution in [-0.2, 0) is 14.3 Å². The third kappa shape index (κ3) is 2.46. The van der Waals surface area contributed by atoms with Gasteiger partial charge in [-0.3, -0.25) is 4.79 Å². The molecule has 2 aromatic rings. The van der Waals surface area contributed by atoms with Crippen LogP contribution in [0.15, 0.2) is 6.33 Å². The third-order valence-corrected chi connectivity index (χ3v) is 5.81. The molecule has 1 fully saturated rings. The first-order valence-electron chi connectivity index (χ1n) is 7.07. The van der Waals surface area contributed by atoms with Crippen LogP contribution in [0.3, 0.4) is 0 Å². The molecule has 1 aliphatic heterocycles. The molecule has 0 saturated carbocycles. The summed E-state index contributed by atoms with van der Waals surface area (Å²) in [5.74, 6) is -0.855. The molecule has 2 atom stereocenters. The maximum absolute atomic E-state index is 12.1. The minimum Gasteiger partial charge on any atom is -0.468 e. The zero-order chi connectivity index (χ0) is 17.5. The summed E-state index contributed by atoms with van der Waals surface area (Å²) < 4.78 is 5.13. The van der Waals surface area contributed by atoms with Gasteiger partial charge in [-0.2, -0.15) is 9.97 Å². The van der Waals surface area contributed by atoms with Crippen LogP contribution in [0.25, 0.3) is 11.2 Å². The highest BCUT2D eigenvalue weighted by Crippen LogP contribution is 2.50. The van der Waals surface area contributed by atoms with Crippen molar-refractivity contribution in [1.29, 1.82) is 0 Å². The second-order valence-corrected chi connectivity index (χ2v) is 7.02. The van der Waals surface area contributed by atoms with Gasteiger partial charge in [-0.25, -0.2) is 9.78 Å². The molecule has 9 nitrogen and oxygen atoms in total. The van der Waals surface area contributed by atoms with Gasteiger partial charge in [0, 0.05) is 7.05 Å². The first kappa shape index (κ1) is 16.8. The predicted molar refractivity (Wildman–Crippen MR) is 89.7 cm³/mol. The lowest BCUT2D eigenvalue weighted by Crippen LogP contribution is -2.46. The van der Waals surface area contributed by atoms with Gasteiger partial charge < -0.3 is 20.4 Å². The topological polar surface area (TPSA) is 125 Å². The van der Waals surface area contributed by atoms with E-state index in [1.807, 2.05) is 0 Å². The highest BCUT2D eigenvalue weighted by molar-refractivity contribution is 8.02. The number of esters is 1. The number of nitrogens with one attached hydrogen (secondary N) is 1. The number of fused-ring (bicyclic) bond motifs is 1. The molecule has 2 unspecified atom stereocenters. The molecule has 1 aliphatic rings. The summed E-state index contributed by atoms with van der Waals surface area (Å²) in [5, 5.41) is 2.73. The van der Waals surface area contributed by atoms with Crippen LogP contribution in [0.4, 0.5) is 5.82 Å². The van der Waals surface area contributed by atoms with Crippen molar-refractivity contribution in [1.82, 2.24) is 19.5 Å². The van der Waals surface area contributed by atoms with Crippen LogP contribution in [0.2, 0.25) is 5.28 Å². The average Bonchev–Trinajstić information content (AvgIpc) is 3.17. The van der Waals surface area contributed by atoms with Gasteiger partial charge in [0.05, 0.1) is 18.8 Å². The fourth-order valence-corrected chi connectivity index (χ4v) is 4.41. The number of imidazole rings is 1. The molecule has 0 radical (unpaired) electrons. The molecule has 24 heavy (non-hydrogen) atoms. The number of halogens is 1. The number of nitrogens with two attached hydrogens (primary N) is 1. The van der Waals surface area contributed by atoms with E-state index >= 15 is 0 Å². The van der Waals surface area contributed by atoms with E-state index in [4.69, 9.17) is 22.1 Å². The second-order valence-electron chi connectivity index (χ2n) is 5.21. The fraction of sp³-hybridized carbons (Fsp3) is 0.462. The molecule has 1 saturated heterocycles. The highest BCUT2D eigenvalue weighted by Gasteiger charge is 2.53. The van der Waals surface area contributed by atoms with Crippen LogP contribution in [-0.4, -0.2) is 50.3 Å². The normalized spacial score (nSPS) is 23.4. The monoisotopic (exact) mass is 370 g/mol. The fourth-order valence-electron chi connectivity index (χ4n) is 2.74. The van der Waals surface area contributed by atoms with Crippen molar-refractivity contribution in [3.8, 4) is 0 Å². The lowest BCUT2D eigenvalue weighted by atomic mass is 10.0. The summed E-state index contributed by atoms with van der Waals surface area (Å²) >= 11 is 7.10. The SMILES string of the molecule is CNc1nc(Cl)nc2c1ncn2C1CCC(C(N)=O)(C(=O)OC)S1. The number of amides is 1. The van der Waals surface area contributed by atoms with Crippen molar-refractivity contribution in [3.63, 3.8) is 0 Å². The molecular weight excluding hydrogens is 356 g/mol. The Morgan fingerprint density at radius 3 is 2.92 bits per heavy atom. The number of hydrogen-bond donors (Lipinski definition) is 2. The molecular formula is C13H15ClN6O3S. The Morgan fingerprint density at radius 2 is 2.29 bits per heavy atom. The number of anilines is 1. The Kier molecular flexibility index (Phi) is 4.26. The highest BCUT2D eigenvalue weighted by atomic mass is 35.5. The number of carbonyl (C=O) groups is 2. The van der Waals surface area contributed by atoms with Crippen LogP contribution >= 0.6 is 23.4 Å². The predicted octanol–water partition coefficient (Wildman–Crippen LogP) is 0.944. The quantitative estimate of drug-likeness (QED) is 0.463. The van der Waals surface area contributed by atoms with Crippen molar-refractivity contribution < 1.29 is 14.3 Å². The maximum atomic E-state index is 12.1. The van der Waals surface area contributed by atoms with Gasteiger partial charge in [-0.05, 0) is 24.4 Å². The Morgan fingerprint density at radius 1 is 1.54 bits per heavy atom. The Balaban J connectivity index is 2.02. The minimum absolute atomic E-state index is 0.0747. The van der Waals surface area contributed by atoms with Gasteiger partial charge >= 0.3 is 5.97 Å². The first-order chi connectivity index (χ1) is 11.4. The molecule has 3 N–H and O–H groups in total. The zero-order valence-electron chi connectivity index (χ0n) is 12.9. The van der Waals surface area contributed by atoms with E-state index in [0.717, 1.165) is 11.8 Å². The molecule has 2 aromatic heterocycles. The largest absolute Gasteiger partial charge is 0.468 e. The third-order valence-electron chi connectivity index (χ3n) is 3.93. The summed E-state index contributed by atoms with van der Waals surface area (Å²) in [6.07, 6.45) is 2.40. The van der Waals surface area contributed by atoms with Gasteiger partial charge in [0.2, 0.25) is 11.2 Å². The molecule has 0 aromatic carbocycles. The number of rotatable bonds is 4. The molecule has 0 aliphatic carbocycles. The minimum atomic E-state index is -1.40. The van der Waals surface area contributed by atoms with E-state index in [1.54, 1.807) is 17.9 Å². The van der Waals surface area contributed by atoms with Gasteiger partial charge in [-0.15, -0.1) is 11.8 Å². The summed E-state index contributed by atoms with van der Waals surface area (Å²) in [6.45, 7) is 0. The number of ether oxygens (including phenoxy) is 1. The van der Waals surface area contributed by atoms with Gasteiger partial charge in [0.15, 0.2) is 21.7 Å². The van der Waals surface area contributed by atoms with Crippen molar-refractivity contribution in [2.75, 3.05) is 19.5 Å². The van der Waals surface area contributed by atoms with E-state index in [-0.39, 0.29) is 17.1 Å². The van der Waals surface area contributed by atoms with E-state index < -0.39 is 16.6 Å². The molecule has 11 heteroatoms. The lowest BCUT2D eigenvalue weighted by Gasteiger charge is -2.22. The molecule has 1 amide bonds. The van der Waals surface area contributed by atoms with E-state index in [2.05, 4.69) is 20.3 Å². The molecule has 3 heterocycles. The second kappa shape index (κ2) is 6.10. The number of thioether (sulfide) groups is 1. The number of carbonyl (C=O) groups excluding carboxylic acids is 2. The number of hydrogen-bond acceptors (Lipinski definition) is 8. The Bertz CT molecular complexity index is 827. The van der Waals surface area contributed by atoms with Crippen molar-refractivity contribution >= 4 is 52.2 Å². The first-order valence-corrected chi connectivity index (χ1v) is 8.32. The Hall–Kier alpha value is -2.07. The molecule has 3 rings (SSSR count). The van der Waals surface area contributed by atoms with Gasteiger partial charge in [-0.1, -0.05) is 0 Å². The van der Waals surface area contributed by atoms with Gasteiger partial charge in [0.25, 0.3) is 0 Å². The van der Waals surface area contributed by atoms with Crippen molar-refractivity contribution in [2.24, 2.45) is 5.73 Å². The number of nitrogens with zero attached hydrogens (tertiary/aromatic N) is 4. The van der Waals surface area contributed by atoms with E-state index in [1.165, 1.54) is 7.11 Å². The molecule has 0 bridgehead atoms. The smallest absolute Gasteiger partial charge is 0.331 e. The van der Waals surface area contributed by atoms with E-state index in [9.17, 15) is 9.59 Å². The van der Waals surface area contributed by atoms with Crippen LogP contribution in [0.5, 0.6) is 0 Å². The maximum Gasteiger partial charge on any atom is 0.331 e. The number of methoxy groups -OCH3 is 1. The summed E-state index contributed by atoms with van der Waals surface area (Å²) in [5.41, 5.74) is 6.53. The summed E-state index contributed by atoms with van der Waals surface area (Å²) in [7, 11) is 2.94. The lowest BCUT2D eigenvalue weighted by molar-refractivity contribution is -0.146. The molecule has 128 valence electrons. The van der Waals surface area contributed by atoms with Crippen LogP contribution < -0.4 is 11.1 Å². The van der Waals surface area contributed by atoms with E-state index in [0.29, 0.717) is 23.4 Å². The number of primary amides is 1. The standard InChI is InChI=1S/C13H15ClN6O3S/c1-16-8-7-9(19-12(14)18-8)20(5-17-7)6-3-4-13(24-6,10(15)21)11(22)23-2/h5-6H,3-4H2,1-2H3,(H2,15,21)(H,16,18,19). The number of aromatic nitrogens is 4. The van der Waals surface area contributed by atoms with Gasteiger partial charge in [0.1, 0.15) is 0 Å². The van der Waals surface area contributed by atoms with Crippen molar-refractivity contribution in [2.45, 2.75) is 23.0 Å². The summed E-state index contributed by atoms with van der Waals surface area (Å²) in [6, 6.07) is 0. The zero-order valence-corrected chi connectivity index (χ0v) is 14.5. The Labute approximate surface area is 146 Å². The van der Waals surface area contributed by atoms with Crippen molar-refractivity contribution in [3.05, 3.63) is 11.6 Å². The molecule has 0 spiro atoms. The van der Waals surface area contributed by atoms with Crippen LogP contribution in [0, 0.1) is 0 Å².